The minimum Gasteiger partial charge on any atom is -0.335 e. The summed E-state index contributed by atoms with van der Waals surface area (Å²) in [6, 6.07) is 6.80. The first-order chi connectivity index (χ1) is 13.7. The highest BCUT2D eigenvalue weighted by molar-refractivity contribution is 6.09. The van der Waals surface area contributed by atoms with Gasteiger partial charge < -0.3 is 15.5 Å². The summed E-state index contributed by atoms with van der Waals surface area (Å²) in [4.78, 5) is 52.3. The van der Waals surface area contributed by atoms with Crippen LogP contribution >= 0.6 is 0 Å². The standard InChI is InChI=1S/C21H28N4O4/c1-14-7-9-16(10-8-14)22-17(26)12-24(3)18(27)13-25-19(28)21(23-20(25)29)11-5-4-6-15(21)2/h7-10,15H,4-6,11-13H2,1-3H3,(H,22,26)(H,23,29)/t15-,21+/m1/s1. The third kappa shape index (κ3) is 4.26. The highest BCUT2D eigenvalue weighted by Crippen LogP contribution is 2.38. The van der Waals surface area contributed by atoms with Gasteiger partial charge in [-0.15, -0.1) is 0 Å². The van der Waals surface area contributed by atoms with Crippen LogP contribution in [0.1, 0.15) is 38.2 Å². The average Bonchev–Trinajstić information content (AvgIpc) is 2.91. The second-order valence-electron chi connectivity index (χ2n) is 8.10. The predicted molar refractivity (Wildman–Crippen MR) is 108 cm³/mol. The molecule has 2 N–H and O–H groups in total. The summed E-state index contributed by atoms with van der Waals surface area (Å²) in [5.74, 6) is -1.11. The Hall–Kier alpha value is -2.90. The summed E-state index contributed by atoms with van der Waals surface area (Å²) in [5.41, 5.74) is 0.828. The number of hydrogen-bond acceptors (Lipinski definition) is 4. The molecule has 0 radical (unpaired) electrons. The van der Waals surface area contributed by atoms with Gasteiger partial charge in [-0.1, -0.05) is 37.5 Å². The molecule has 1 spiro atoms. The number of anilines is 1. The molecule has 1 heterocycles. The van der Waals surface area contributed by atoms with E-state index >= 15 is 0 Å². The Bertz CT molecular complexity index is 822. The Morgan fingerprint density at radius 2 is 1.93 bits per heavy atom. The quantitative estimate of drug-likeness (QED) is 0.738. The monoisotopic (exact) mass is 400 g/mol. The van der Waals surface area contributed by atoms with Crippen LogP contribution in [0.2, 0.25) is 0 Å². The van der Waals surface area contributed by atoms with Crippen molar-refractivity contribution >= 4 is 29.4 Å². The maximum atomic E-state index is 12.9. The summed E-state index contributed by atoms with van der Waals surface area (Å²) < 4.78 is 0. The molecule has 0 aromatic heterocycles. The number of imide groups is 1. The second-order valence-corrected chi connectivity index (χ2v) is 8.10. The van der Waals surface area contributed by atoms with Crippen LogP contribution in [0, 0.1) is 12.8 Å². The first kappa shape index (κ1) is 20.8. The van der Waals surface area contributed by atoms with Gasteiger partial charge in [0, 0.05) is 12.7 Å². The van der Waals surface area contributed by atoms with E-state index in [1.165, 1.54) is 11.9 Å². The molecule has 1 saturated carbocycles. The molecule has 1 aliphatic carbocycles. The van der Waals surface area contributed by atoms with Crippen molar-refractivity contribution in [1.29, 1.82) is 0 Å². The van der Waals surface area contributed by atoms with Crippen LogP contribution in [0.4, 0.5) is 10.5 Å². The fraction of sp³-hybridized carbons (Fsp3) is 0.524. The molecule has 156 valence electrons. The van der Waals surface area contributed by atoms with Gasteiger partial charge in [0.05, 0.1) is 6.54 Å². The molecular formula is C21H28N4O4. The van der Waals surface area contributed by atoms with Crippen molar-refractivity contribution in [2.75, 3.05) is 25.5 Å². The Morgan fingerprint density at radius 3 is 2.59 bits per heavy atom. The smallest absolute Gasteiger partial charge is 0.325 e. The van der Waals surface area contributed by atoms with Crippen LogP contribution in [0.25, 0.3) is 0 Å². The number of urea groups is 1. The van der Waals surface area contributed by atoms with Gasteiger partial charge in [-0.2, -0.15) is 0 Å². The summed E-state index contributed by atoms with van der Waals surface area (Å²) in [6.07, 6.45) is 3.37. The number of carbonyl (C=O) groups is 4. The van der Waals surface area contributed by atoms with Crippen LogP contribution in [-0.4, -0.2) is 59.2 Å². The first-order valence-corrected chi connectivity index (χ1v) is 9.97. The van der Waals surface area contributed by atoms with Gasteiger partial charge in [-0.05, 0) is 37.8 Å². The zero-order chi connectivity index (χ0) is 21.2. The molecule has 2 fully saturated rings. The fourth-order valence-electron chi connectivity index (χ4n) is 4.04. The molecule has 8 nitrogen and oxygen atoms in total. The largest absolute Gasteiger partial charge is 0.335 e. The number of likely N-dealkylation sites (N-methyl/N-ethyl adjacent to an activating group) is 1. The third-order valence-electron chi connectivity index (χ3n) is 5.94. The predicted octanol–water partition coefficient (Wildman–Crippen LogP) is 1.89. The molecule has 29 heavy (non-hydrogen) atoms. The van der Waals surface area contributed by atoms with Crippen LogP contribution in [0.5, 0.6) is 0 Å². The summed E-state index contributed by atoms with van der Waals surface area (Å²) >= 11 is 0. The number of hydrogen-bond donors (Lipinski definition) is 2. The van der Waals surface area contributed by atoms with E-state index in [9.17, 15) is 19.2 Å². The second kappa shape index (κ2) is 8.23. The van der Waals surface area contributed by atoms with Crippen molar-refractivity contribution in [3.63, 3.8) is 0 Å². The molecular weight excluding hydrogens is 372 g/mol. The van der Waals surface area contributed by atoms with Crippen LogP contribution in [-0.2, 0) is 14.4 Å². The van der Waals surface area contributed by atoms with Gasteiger partial charge in [0.1, 0.15) is 12.1 Å². The van der Waals surface area contributed by atoms with Gasteiger partial charge >= 0.3 is 6.03 Å². The number of amides is 5. The van der Waals surface area contributed by atoms with Crippen LogP contribution in [0.3, 0.4) is 0 Å². The normalized spacial score (nSPS) is 23.8. The van der Waals surface area contributed by atoms with E-state index in [2.05, 4.69) is 10.6 Å². The van der Waals surface area contributed by atoms with Crippen LogP contribution in [0.15, 0.2) is 24.3 Å². The van der Waals surface area contributed by atoms with Gasteiger partial charge in [0.15, 0.2) is 0 Å². The Labute approximate surface area is 170 Å². The molecule has 8 heteroatoms. The zero-order valence-corrected chi connectivity index (χ0v) is 17.2. The minimum atomic E-state index is -0.892. The maximum Gasteiger partial charge on any atom is 0.325 e. The fourth-order valence-corrected chi connectivity index (χ4v) is 4.04. The van der Waals surface area contributed by atoms with E-state index in [1.54, 1.807) is 12.1 Å². The Balaban J connectivity index is 1.57. The number of nitrogens with one attached hydrogen (secondary N) is 2. The number of benzene rings is 1. The highest BCUT2D eigenvalue weighted by atomic mass is 16.2. The molecule has 1 aliphatic heterocycles. The van der Waals surface area contributed by atoms with E-state index in [1.807, 2.05) is 26.0 Å². The SMILES string of the molecule is Cc1ccc(NC(=O)CN(C)C(=O)CN2C(=O)N[C@]3(CCCC[C@H]3C)C2=O)cc1. The van der Waals surface area contributed by atoms with Gasteiger partial charge in [-0.25, -0.2) is 4.79 Å². The number of carbonyl (C=O) groups excluding carboxylic acids is 4. The average molecular weight is 400 g/mol. The zero-order valence-electron chi connectivity index (χ0n) is 17.2. The van der Waals surface area contributed by atoms with E-state index in [4.69, 9.17) is 0 Å². The molecule has 2 aliphatic rings. The molecule has 2 atom stereocenters. The lowest BCUT2D eigenvalue weighted by Crippen LogP contribution is -2.54. The Morgan fingerprint density at radius 1 is 1.24 bits per heavy atom. The number of nitrogens with zero attached hydrogens (tertiary/aromatic N) is 2. The van der Waals surface area contributed by atoms with Gasteiger partial charge in [-0.3, -0.25) is 19.3 Å². The first-order valence-electron chi connectivity index (χ1n) is 9.97. The topological polar surface area (TPSA) is 98.8 Å². The molecule has 1 saturated heterocycles. The van der Waals surface area contributed by atoms with E-state index < -0.39 is 17.5 Å². The third-order valence-corrected chi connectivity index (χ3v) is 5.94. The van der Waals surface area contributed by atoms with Crippen molar-refractivity contribution < 1.29 is 19.2 Å². The van der Waals surface area contributed by atoms with Crippen molar-refractivity contribution in [3.05, 3.63) is 29.8 Å². The van der Waals surface area contributed by atoms with Crippen molar-refractivity contribution in [1.82, 2.24) is 15.1 Å². The lowest BCUT2D eigenvalue weighted by molar-refractivity contribution is -0.140. The lowest BCUT2D eigenvalue weighted by atomic mass is 9.73. The molecule has 3 rings (SSSR count). The van der Waals surface area contributed by atoms with E-state index in [0.717, 1.165) is 29.7 Å². The summed E-state index contributed by atoms with van der Waals surface area (Å²) in [7, 11) is 1.48. The van der Waals surface area contributed by atoms with Crippen molar-refractivity contribution in [3.8, 4) is 0 Å². The lowest BCUT2D eigenvalue weighted by Gasteiger charge is -2.36. The molecule has 1 aromatic carbocycles. The van der Waals surface area contributed by atoms with E-state index in [0.29, 0.717) is 12.1 Å². The van der Waals surface area contributed by atoms with Gasteiger partial charge in [0.25, 0.3) is 5.91 Å². The Kier molecular flexibility index (Phi) is 5.91. The van der Waals surface area contributed by atoms with Crippen molar-refractivity contribution in [2.45, 2.75) is 45.1 Å². The molecule has 0 bridgehead atoms. The van der Waals surface area contributed by atoms with E-state index in [-0.39, 0.29) is 30.8 Å². The number of rotatable bonds is 5. The molecule has 5 amide bonds. The summed E-state index contributed by atoms with van der Waals surface area (Å²) in [6.45, 7) is 3.38. The number of aryl methyl sites for hydroxylation is 1. The maximum absolute atomic E-state index is 12.9. The highest BCUT2D eigenvalue weighted by Gasteiger charge is 2.55. The summed E-state index contributed by atoms with van der Waals surface area (Å²) in [5, 5.41) is 5.55. The molecule has 1 aromatic rings. The van der Waals surface area contributed by atoms with Crippen molar-refractivity contribution in [2.24, 2.45) is 5.92 Å². The minimum absolute atomic E-state index is 0.0332. The van der Waals surface area contributed by atoms with Gasteiger partial charge in [0.2, 0.25) is 11.8 Å². The van der Waals surface area contributed by atoms with Crippen LogP contribution < -0.4 is 10.6 Å². The molecule has 0 unspecified atom stereocenters.